The molecule has 1 aromatic heterocycles. The highest BCUT2D eigenvalue weighted by Crippen LogP contribution is 2.22. The van der Waals surface area contributed by atoms with Gasteiger partial charge in [0.1, 0.15) is 0 Å². The minimum absolute atomic E-state index is 0.00577. The van der Waals surface area contributed by atoms with Gasteiger partial charge in [-0.15, -0.1) is 0 Å². The number of β-amino-alcohol motifs (C(OH)–C–C–N with tert-alkyl or cyclic N) is 1. The maximum absolute atomic E-state index is 10.0. The summed E-state index contributed by atoms with van der Waals surface area (Å²) in [6.45, 7) is 8.80. The van der Waals surface area contributed by atoms with Crippen molar-refractivity contribution in [3.63, 3.8) is 0 Å². The van der Waals surface area contributed by atoms with Crippen LogP contribution >= 0.6 is 11.6 Å². The Bertz CT molecular complexity index is 396. The molecule has 1 unspecified atom stereocenters. The number of hydrogen-bond donors (Lipinski definition) is 2. The first-order chi connectivity index (χ1) is 8.24. The molecule has 0 spiro atoms. The summed E-state index contributed by atoms with van der Waals surface area (Å²) in [5.74, 6) is 0. The zero-order valence-electron chi connectivity index (χ0n) is 11.9. The molecule has 2 N–H and O–H groups in total. The van der Waals surface area contributed by atoms with Crippen LogP contribution in [0.1, 0.15) is 39.1 Å². The van der Waals surface area contributed by atoms with E-state index in [0.29, 0.717) is 18.0 Å². The number of aliphatic hydroxyl groups excluding tert-OH is 1. The molecule has 0 amide bonds. The van der Waals surface area contributed by atoms with Gasteiger partial charge in [-0.3, -0.25) is 4.68 Å². The molecule has 104 valence electrons. The molecule has 5 heteroatoms. The number of nitrogens with zero attached hydrogens (tertiary/aromatic N) is 2. The molecular weight excluding hydrogens is 250 g/mol. The lowest BCUT2D eigenvalue weighted by atomic mass is 10.1. The van der Waals surface area contributed by atoms with E-state index in [2.05, 4.69) is 31.2 Å². The van der Waals surface area contributed by atoms with Crippen molar-refractivity contribution in [1.29, 1.82) is 0 Å². The van der Waals surface area contributed by atoms with Gasteiger partial charge in [-0.1, -0.05) is 18.5 Å². The molecule has 1 atom stereocenters. The van der Waals surface area contributed by atoms with Gasteiger partial charge in [0.05, 0.1) is 22.5 Å². The molecule has 4 nitrogen and oxygen atoms in total. The van der Waals surface area contributed by atoms with Crippen LogP contribution in [-0.2, 0) is 19.9 Å². The Labute approximate surface area is 114 Å². The Morgan fingerprint density at radius 2 is 2.06 bits per heavy atom. The maximum Gasteiger partial charge on any atom is 0.0850 e. The first-order valence-electron chi connectivity index (χ1n) is 6.38. The van der Waals surface area contributed by atoms with E-state index in [0.717, 1.165) is 17.8 Å². The van der Waals surface area contributed by atoms with Crippen LogP contribution in [0.3, 0.4) is 0 Å². The number of nitrogens with one attached hydrogen (secondary N) is 1. The quantitative estimate of drug-likeness (QED) is 0.862. The van der Waals surface area contributed by atoms with Crippen LogP contribution in [0.25, 0.3) is 0 Å². The van der Waals surface area contributed by atoms with Gasteiger partial charge in [0.25, 0.3) is 0 Å². The SMILES string of the molecule is CCc1nn(C)c(CC(O)CNC(C)(C)C)c1Cl. The number of aliphatic hydroxyl groups is 1. The molecule has 0 aliphatic rings. The number of aryl methyl sites for hydroxylation is 2. The second-order valence-corrected chi connectivity index (χ2v) is 6.05. The Morgan fingerprint density at radius 1 is 1.44 bits per heavy atom. The van der Waals surface area contributed by atoms with Crippen LogP contribution in [0.5, 0.6) is 0 Å². The summed E-state index contributed by atoms with van der Waals surface area (Å²) in [6.07, 6.45) is 0.871. The lowest BCUT2D eigenvalue weighted by Crippen LogP contribution is -2.41. The number of rotatable bonds is 5. The van der Waals surface area contributed by atoms with Crippen molar-refractivity contribution >= 4 is 11.6 Å². The third kappa shape index (κ3) is 4.26. The van der Waals surface area contributed by atoms with Crippen molar-refractivity contribution < 1.29 is 5.11 Å². The minimum Gasteiger partial charge on any atom is -0.391 e. The molecular formula is C13H24ClN3O. The summed E-state index contributed by atoms with van der Waals surface area (Å²) < 4.78 is 1.77. The summed E-state index contributed by atoms with van der Waals surface area (Å²) in [4.78, 5) is 0. The second kappa shape index (κ2) is 6.04. The average Bonchev–Trinajstić information content (AvgIpc) is 2.53. The number of halogens is 1. The van der Waals surface area contributed by atoms with Crippen molar-refractivity contribution in [1.82, 2.24) is 15.1 Å². The summed E-state index contributed by atoms with van der Waals surface area (Å²) in [6, 6.07) is 0. The molecule has 0 aliphatic carbocycles. The molecule has 1 aromatic rings. The van der Waals surface area contributed by atoms with E-state index in [1.165, 1.54) is 0 Å². The van der Waals surface area contributed by atoms with Crippen LogP contribution in [0, 0.1) is 0 Å². The van der Waals surface area contributed by atoms with E-state index < -0.39 is 6.10 Å². The molecule has 0 bridgehead atoms. The molecule has 0 aromatic carbocycles. The minimum atomic E-state index is -0.457. The van der Waals surface area contributed by atoms with E-state index in [4.69, 9.17) is 11.6 Å². The molecule has 0 radical (unpaired) electrons. The van der Waals surface area contributed by atoms with Gasteiger partial charge in [0.15, 0.2) is 0 Å². The topological polar surface area (TPSA) is 50.1 Å². The Kier molecular flexibility index (Phi) is 5.20. The highest BCUT2D eigenvalue weighted by Gasteiger charge is 2.18. The van der Waals surface area contributed by atoms with Crippen LogP contribution in [0.4, 0.5) is 0 Å². The Morgan fingerprint density at radius 3 is 2.50 bits per heavy atom. The first kappa shape index (κ1) is 15.5. The molecule has 1 heterocycles. The normalized spacial score (nSPS) is 13.9. The van der Waals surface area contributed by atoms with Gasteiger partial charge in [-0.25, -0.2) is 0 Å². The lowest BCUT2D eigenvalue weighted by Gasteiger charge is -2.22. The number of hydrogen-bond acceptors (Lipinski definition) is 3. The predicted octanol–water partition coefficient (Wildman–Crippen LogP) is 1.93. The zero-order chi connectivity index (χ0) is 13.9. The molecule has 18 heavy (non-hydrogen) atoms. The van der Waals surface area contributed by atoms with E-state index in [1.54, 1.807) is 4.68 Å². The average molecular weight is 274 g/mol. The van der Waals surface area contributed by atoms with Crippen molar-refractivity contribution in [2.75, 3.05) is 6.54 Å². The van der Waals surface area contributed by atoms with E-state index in [-0.39, 0.29) is 5.54 Å². The summed E-state index contributed by atoms with van der Waals surface area (Å²) in [7, 11) is 1.87. The van der Waals surface area contributed by atoms with Crippen molar-refractivity contribution in [3.8, 4) is 0 Å². The van der Waals surface area contributed by atoms with Crippen molar-refractivity contribution in [2.24, 2.45) is 7.05 Å². The van der Waals surface area contributed by atoms with E-state index >= 15 is 0 Å². The first-order valence-corrected chi connectivity index (χ1v) is 6.75. The van der Waals surface area contributed by atoms with Gasteiger partial charge in [-0.2, -0.15) is 5.10 Å². The van der Waals surface area contributed by atoms with Gasteiger partial charge < -0.3 is 10.4 Å². The standard InChI is InChI=1S/C13H24ClN3O/c1-6-10-12(14)11(17(5)16-10)7-9(18)8-15-13(2,3)4/h9,15,18H,6-8H2,1-5H3. The van der Waals surface area contributed by atoms with Gasteiger partial charge in [-0.05, 0) is 27.2 Å². The molecule has 1 rings (SSSR count). The smallest absolute Gasteiger partial charge is 0.0850 e. The van der Waals surface area contributed by atoms with Crippen LogP contribution in [0.15, 0.2) is 0 Å². The zero-order valence-corrected chi connectivity index (χ0v) is 12.7. The molecule has 0 saturated carbocycles. The fourth-order valence-corrected chi connectivity index (χ4v) is 2.13. The fraction of sp³-hybridized carbons (Fsp3) is 0.769. The van der Waals surface area contributed by atoms with Crippen molar-refractivity contribution in [3.05, 3.63) is 16.4 Å². The van der Waals surface area contributed by atoms with Crippen LogP contribution in [-0.4, -0.2) is 33.1 Å². The lowest BCUT2D eigenvalue weighted by molar-refractivity contribution is 0.159. The van der Waals surface area contributed by atoms with Crippen molar-refractivity contribution in [2.45, 2.75) is 52.2 Å². The summed E-state index contributed by atoms with van der Waals surface area (Å²) in [5, 5.41) is 18.3. The Balaban J connectivity index is 2.64. The van der Waals surface area contributed by atoms with E-state index in [1.807, 2.05) is 14.0 Å². The largest absolute Gasteiger partial charge is 0.391 e. The van der Waals surface area contributed by atoms with Crippen LogP contribution in [0.2, 0.25) is 5.02 Å². The third-order valence-corrected chi connectivity index (χ3v) is 3.24. The summed E-state index contributed by atoms with van der Waals surface area (Å²) in [5.41, 5.74) is 1.80. The van der Waals surface area contributed by atoms with Crippen LogP contribution < -0.4 is 5.32 Å². The maximum atomic E-state index is 10.0. The highest BCUT2D eigenvalue weighted by atomic mass is 35.5. The van der Waals surface area contributed by atoms with Gasteiger partial charge in [0.2, 0.25) is 0 Å². The molecule has 0 fully saturated rings. The number of aromatic nitrogens is 2. The summed E-state index contributed by atoms with van der Waals surface area (Å²) >= 11 is 6.25. The fourth-order valence-electron chi connectivity index (χ4n) is 1.76. The van der Waals surface area contributed by atoms with E-state index in [9.17, 15) is 5.11 Å². The molecule has 0 aliphatic heterocycles. The Hall–Kier alpha value is -0.580. The van der Waals surface area contributed by atoms with Gasteiger partial charge >= 0.3 is 0 Å². The third-order valence-electron chi connectivity index (χ3n) is 2.80. The van der Waals surface area contributed by atoms with Gasteiger partial charge in [0, 0.05) is 25.6 Å². The monoisotopic (exact) mass is 273 g/mol. The second-order valence-electron chi connectivity index (χ2n) is 5.67. The predicted molar refractivity (Wildman–Crippen MR) is 75.1 cm³/mol. The highest BCUT2D eigenvalue weighted by molar-refractivity contribution is 6.31. The molecule has 0 saturated heterocycles.